The lowest BCUT2D eigenvalue weighted by atomic mass is 10.1. The fraction of sp³-hybridized carbons (Fsp3) is 0.615. The molecule has 0 unspecified atom stereocenters. The van der Waals surface area contributed by atoms with Gasteiger partial charge in [-0.1, -0.05) is 6.07 Å². The maximum atomic E-state index is 5.99. The zero-order valence-corrected chi connectivity index (χ0v) is 10.2. The first kappa shape index (κ1) is 11.4. The molecule has 0 aliphatic heterocycles. The lowest BCUT2D eigenvalue weighted by molar-refractivity contribution is 0.714. The van der Waals surface area contributed by atoms with Gasteiger partial charge in [-0.25, -0.2) is 4.98 Å². The minimum Gasteiger partial charge on any atom is -0.356 e. The van der Waals surface area contributed by atoms with E-state index in [1.807, 2.05) is 19.2 Å². The summed E-state index contributed by atoms with van der Waals surface area (Å²) in [7, 11) is 0. The molecule has 1 aromatic heterocycles. The summed E-state index contributed by atoms with van der Waals surface area (Å²) in [6, 6.07) is 4.10. The second-order valence-corrected chi connectivity index (χ2v) is 4.69. The van der Waals surface area contributed by atoms with Gasteiger partial charge in [0.25, 0.3) is 0 Å². The number of anilines is 1. The Bertz CT molecular complexity index is 345. The van der Waals surface area contributed by atoms with Gasteiger partial charge in [0.05, 0.1) is 0 Å². The van der Waals surface area contributed by atoms with Gasteiger partial charge in [-0.3, -0.25) is 0 Å². The minimum atomic E-state index is 0.0527. The summed E-state index contributed by atoms with van der Waals surface area (Å²) in [6.07, 6.45) is 4.60. The number of pyridine rings is 1. The summed E-state index contributed by atoms with van der Waals surface area (Å²) in [5, 5.41) is 0. The van der Waals surface area contributed by atoms with Gasteiger partial charge in [-0.05, 0) is 38.7 Å². The number of nitrogens with zero attached hydrogens (tertiary/aromatic N) is 2. The van der Waals surface area contributed by atoms with Crippen molar-refractivity contribution >= 4 is 5.82 Å². The Morgan fingerprint density at radius 1 is 1.56 bits per heavy atom. The highest BCUT2D eigenvalue weighted by Gasteiger charge is 2.25. The molecule has 0 saturated heterocycles. The molecule has 3 heteroatoms. The maximum absolute atomic E-state index is 5.99. The Hall–Kier alpha value is -1.09. The minimum absolute atomic E-state index is 0.0527. The molecule has 0 spiro atoms. The van der Waals surface area contributed by atoms with E-state index in [4.69, 9.17) is 5.73 Å². The van der Waals surface area contributed by atoms with Gasteiger partial charge in [0, 0.05) is 30.9 Å². The smallest absolute Gasteiger partial charge is 0.133 e. The normalized spacial score (nSPS) is 17.2. The van der Waals surface area contributed by atoms with E-state index in [9.17, 15) is 0 Å². The van der Waals surface area contributed by atoms with Crippen molar-refractivity contribution in [1.29, 1.82) is 0 Å². The van der Waals surface area contributed by atoms with Gasteiger partial charge in [0.15, 0.2) is 0 Å². The van der Waals surface area contributed by atoms with Crippen LogP contribution in [0.4, 0.5) is 5.82 Å². The third-order valence-electron chi connectivity index (χ3n) is 3.16. The van der Waals surface area contributed by atoms with Crippen LogP contribution < -0.4 is 10.6 Å². The van der Waals surface area contributed by atoms with Crippen LogP contribution in [0, 0.1) is 5.92 Å². The number of hydrogen-bond donors (Lipinski definition) is 1. The van der Waals surface area contributed by atoms with Crippen molar-refractivity contribution in [2.24, 2.45) is 11.7 Å². The first-order valence-electron chi connectivity index (χ1n) is 6.17. The highest BCUT2D eigenvalue weighted by Crippen LogP contribution is 2.32. The van der Waals surface area contributed by atoms with Crippen LogP contribution in [0.3, 0.4) is 0 Å². The Morgan fingerprint density at radius 3 is 2.88 bits per heavy atom. The molecule has 88 valence electrons. The van der Waals surface area contributed by atoms with E-state index in [1.54, 1.807) is 0 Å². The molecular formula is C13H21N3. The molecule has 1 saturated carbocycles. The molecule has 1 aliphatic carbocycles. The van der Waals surface area contributed by atoms with Crippen LogP contribution in [0.25, 0.3) is 0 Å². The second kappa shape index (κ2) is 4.83. The van der Waals surface area contributed by atoms with Crippen LogP contribution in [0.1, 0.15) is 38.3 Å². The number of rotatable bonds is 5. The Balaban J connectivity index is 2.21. The molecule has 1 heterocycles. The van der Waals surface area contributed by atoms with E-state index >= 15 is 0 Å². The summed E-state index contributed by atoms with van der Waals surface area (Å²) in [5.41, 5.74) is 7.14. The highest BCUT2D eigenvalue weighted by molar-refractivity contribution is 5.48. The number of hydrogen-bond acceptors (Lipinski definition) is 3. The molecule has 16 heavy (non-hydrogen) atoms. The molecule has 0 amide bonds. The molecule has 3 nitrogen and oxygen atoms in total. The number of aromatic nitrogens is 1. The molecule has 1 fully saturated rings. The number of nitrogens with two attached hydrogens (primary N) is 1. The van der Waals surface area contributed by atoms with E-state index in [1.165, 1.54) is 12.8 Å². The van der Waals surface area contributed by atoms with Crippen LogP contribution in [0.2, 0.25) is 0 Å². The fourth-order valence-corrected chi connectivity index (χ4v) is 2.01. The van der Waals surface area contributed by atoms with Crippen LogP contribution in [0.5, 0.6) is 0 Å². The third kappa shape index (κ3) is 2.53. The molecule has 1 aliphatic rings. The summed E-state index contributed by atoms with van der Waals surface area (Å²) in [4.78, 5) is 6.86. The quantitative estimate of drug-likeness (QED) is 0.826. The van der Waals surface area contributed by atoms with E-state index < -0.39 is 0 Å². The van der Waals surface area contributed by atoms with Gasteiger partial charge in [0.2, 0.25) is 0 Å². The van der Waals surface area contributed by atoms with Crippen molar-refractivity contribution in [1.82, 2.24) is 4.98 Å². The molecular weight excluding hydrogens is 198 g/mol. The molecule has 1 atom stereocenters. The Labute approximate surface area is 97.7 Å². The van der Waals surface area contributed by atoms with Crippen molar-refractivity contribution in [3.8, 4) is 0 Å². The van der Waals surface area contributed by atoms with Crippen molar-refractivity contribution in [3.63, 3.8) is 0 Å². The monoisotopic (exact) mass is 219 g/mol. The lowest BCUT2D eigenvalue weighted by Crippen LogP contribution is -2.28. The SMILES string of the molecule is CCN(CC1CC1)c1ncccc1[C@H](C)N. The highest BCUT2D eigenvalue weighted by atomic mass is 15.2. The van der Waals surface area contributed by atoms with E-state index in [0.29, 0.717) is 0 Å². The van der Waals surface area contributed by atoms with Crippen LogP contribution >= 0.6 is 0 Å². The van der Waals surface area contributed by atoms with Crippen molar-refractivity contribution < 1.29 is 0 Å². The summed E-state index contributed by atoms with van der Waals surface area (Å²) < 4.78 is 0. The first-order valence-corrected chi connectivity index (χ1v) is 6.17. The molecule has 0 aromatic carbocycles. The first-order chi connectivity index (χ1) is 7.72. The zero-order valence-electron chi connectivity index (χ0n) is 10.2. The van der Waals surface area contributed by atoms with Crippen molar-refractivity contribution in [3.05, 3.63) is 23.9 Å². The second-order valence-electron chi connectivity index (χ2n) is 4.69. The Kier molecular flexibility index (Phi) is 3.44. The fourth-order valence-electron chi connectivity index (χ4n) is 2.01. The largest absolute Gasteiger partial charge is 0.356 e. The van der Waals surface area contributed by atoms with Crippen LogP contribution in [-0.2, 0) is 0 Å². The van der Waals surface area contributed by atoms with Gasteiger partial charge in [0.1, 0.15) is 5.82 Å². The Morgan fingerprint density at radius 2 is 2.31 bits per heavy atom. The van der Waals surface area contributed by atoms with E-state index in [-0.39, 0.29) is 6.04 Å². The predicted molar refractivity (Wildman–Crippen MR) is 67.5 cm³/mol. The van der Waals surface area contributed by atoms with Gasteiger partial charge in [-0.15, -0.1) is 0 Å². The van der Waals surface area contributed by atoms with E-state index in [0.717, 1.165) is 30.4 Å². The standard InChI is InChI=1S/C13H21N3/c1-3-16(9-11-6-7-11)13-12(10(2)14)5-4-8-15-13/h4-5,8,10-11H,3,6-7,9,14H2,1-2H3/t10-/m0/s1. The summed E-state index contributed by atoms with van der Waals surface area (Å²) in [6.45, 7) is 6.34. The molecule has 2 N–H and O–H groups in total. The topological polar surface area (TPSA) is 42.2 Å². The molecule has 0 radical (unpaired) electrons. The molecule has 0 bridgehead atoms. The lowest BCUT2D eigenvalue weighted by Gasteiger charge is -2.25. The average molecular weight is 219 g/mol. The maximum Gasteiger partial charge on any atom is 0.133 e. The van der Waals surface area contributed by atoms with Gasteiger partial charge in [-0.2, -0.15) is 0 Å². The summed E-state index contributed by atoms with van der Waals surface area (Å²) >= 11 is 0. The summed E-state index contributed by atoms with van der Waals surface area (Å²) in [5.74, 6) is 1.95. The van der Waals surface area contributed by atoms with Crippen LogP contribution in [-0.4, -0.2) is 18.1 Å². The van der Waals surface area contributed by atoms with Gasteiger partial charge >= 0.3 is 0 Å². The zero-order chi connectivity index (χ0) is 11.5. The van der Waals surface area contributed by atoms with E-state index in [2.05, 4.69) is 22.9 Å². The predicted octanol–water partition coefficient (Wildman–Crippen LogP) is 2.34. The van der Waals surface area contributed by atoms with Gasteiger partial charge < -0.3 is 10.6 Å². The van der Waals surface area contributed by atoms with Crippen molar-refractivity contribution in [2.75, 3.05) is 18.0 Å². The average Bonchev–Trinajstić information content (AvgIpc) is 3.09. The van der Waals surface area contributed by atoms with Crippen molar-refractivity contribution in [2.45, 2.75) is 32.7 Å². The van der Waals surface area contributed by atoms with Crippen LogP contribution in [0.15, 0.2) is 18.3 Å². The third-order valence-corrected chi connectivity index (χ3v) is 3.16. The molecule has 1 aromatic rings. The molecule has 2 rings (SSSR count).